The maximum Gasteiger partial charge on any atom is 0.163 e. The Labute approximate surface area is 94.3 Å². The van der Waals surface area contributed by atoms with E-state index in [4.69, 9.17) is 0 Å². The average molecular weight is 211 g/mol. The zero-order valence-corrected chi connectivity index (χ0v) is 9.02. The molecular formula is C14H13NO. The number of ketones is 1. The molecule has 0 atom stereocenters. The largest absolute Gasteiger partial charge is 0.294 e. The molecule has 2 heteroatoms. The molecule has 0 N–H and O–H groups in total. The summed E-state index contributed by atoms with van der Waals surface area (Å²) >= 11 is 0. The molecule has 0 aliphatic heterocycles. The van der Waals surface area contributed by atoms with Crippen LogP contribution in [-0.2, 0) is 0 Å². The van der Waals surface area contributed by atoms with Gasteiger partial charge in [-0.15, -0.1) is 0 Å². The summed E-state index contributed by atoms with van der Waals surface area (Å²) in [6.07, 6.45) is 4.86. The van der Waals surface area contributed by atoms with E-state index in [-0.39, 0.29) is 5.78 Å². The van der Waals surface area contributed by atoms with Crippen LogP contribution >= 0.6 is 0 Å². The molecule has 0 amide bonds. The molecule has 0 saturated heterocycles. The number of aromatic nitrogens is 1. The van der Waals surface area contributed by atoms with Crippen LogP contribution in [0.25, 0.3) is 10.9 Å². The molecule has 80 valence electrons. The smallest absolute Gasteiger partial charge is 0.163 e. The quantitative estimate of drug-likeness (QED) is 0.729. The molecule has 3 rings (SSSR count). The van der Waals surface area contributed by atoms with Gasteiger partial charge < -0.3 is 0 Å². The van der Waals surface area contributed by atoms with Gasteiger partial charge in [-0.1, -0.05) is 18.2 Å². The van der Waals surface area contributed by atoms with Gasteiger partial charge in [-0.05, 0) is 30.9 Å². The lowest BCUT2D eigenvalue weighted by molar-refractivity contribution is 0.0977. The van der Waals surface area contributed by atoms with Crippen LogP contribution in [0.1, 0.15) is 29.6 Å². The molecule has 1 aliphatic carbocycles. The molecule has 16 heavy (non-hydrogen) atoms. The highest BCUT2D eigenvalue weighted by molar-refractivity contribution is 6.07. The molecule has 0 radical (unpaired) electrons. The third kappa shape index (κ3) is 1.71. The number of fused-ring (bicyclic) bond motifs is 1. The lowest BCUT2D eigenvalue weighted by Gasteiger charge is -2.04. The Bertz CT molecular complexity index is 538. The Kier molecular flexibility index (Phi) is 2.21. The highest BCUT2D eigenvalue weighted by Crippen LogP contribution is 2.34. The third-order valence-electron chi connectivity index (χ3n) is 3.12. The van der Waals surface area contributed by atoms with Crippen molar-refractivity contribution < 1.29 is 4.79 Å². The van der Waals surface area contributed by atoms with Crippen LogP contribution in [0, 0.1) is 5.92 Å². The second-order valence-electron chi connectivity index (χ2n) is 4.45. The molecular weight excluding hydrogens is 198 g/mol. The highest BCUT2D eigenvalue weighted by atomic mass is 16.1. The minimum atomic E-state index is 0.265. The van der Waals surface area contributed by atoms with Gasteiger partial charge in [-0.3, -0.25) is 9.78 Å². The summed E-state index contributed by atoms with van der Waals surface area (Å²) in [5, 5.41) is 0.982. The first-order valence-electron chi connectivity index (χ1n) is 5.71. The van der Waals surface area contributed by atoms with Crippen LogP contribution in [0.15, 0.2) is 36.5 Å². The maximum absolute atomic E-state index is 12.1. The molecule has 0 unspecified atom stereocenters. The van der Waals surface area contributed by atoms with Crippen LogP contribution in [0.5, 0.6) is 0 Å². The fourth-order valence-electron chi connectivity index (χ4n) is 2.03. The Morgan fingerprint density at radius 3 is 2.88 bits per heavy atom. The number of para-hydroxylation sites is 1. The molecule has 1 aromatic heterocycles. The predicted octanol–water partition coefficient (Wildman–Crippen LogP) is 3.22. The summed E-state index contributed by atoms with van der Waals surface area (Å²) in [5.74, 6) is 0.903. The summed E-state index contributed by atoms with van der Waals surface area (Å²) in [5.41, 5.74) is 1.74. The Morgan fingerprint density at radius 2 is 2.06 bits per heavy atom. The first-order valence-corrected chi connectivity index (χ1v) is 5.71. The van der Waals surface area contributed by atoms with Crippen molar-refractivity contribution in [3.05, 3.63) is 42.1 Å². The number of carbonyl (C=O) groups is 1. The monoisotopic (exact) mass is 211 g/mol. The van der Waals surface area contributed by atoms with E-state index in [9.17, 15) is 4.79 Å². The van der Waals surface area contributed by atoms with Crippen molar-refractivity contribution in [1.29, 1.82) is 0 Å². The molecule has 1 heterocycles. The number of benzene rings is 1. The third-order valence-corrected chi connectivity index (χ3v) is 3.12. The maximum atomic E-state index is 12.1. The summed E-state index contributed by atoms with van der Waals surface area (Å²) < 4.78 is 0. The number of rotatable bonds is 3. The van der Waals surface area contributed by atoms with Gasteiger partial charge in [-0.2, -0.15) is 0 Å². The molecule has 0 bridgehead atoms. The molecule has 1 saturated carbocycles. The van der Waals surface area contributed by atoms with Crippen molar-refractivity contribution in [3.8, 4) is 0 Å². The molecule has 2 aromatic rings. The van der Waals surface area contributed by atoms with Crippen LogP contribution in [0.3, 0.4) is 0 Å². The summed E-state index contributed by atoms with van der Waals surface area (Å²) in [4.78, 5) is 16.3. The molecule has 2 nitrogen and oxygen atoms in total. The van der Waals surface area contributed by atoms with E-state index in [0.717, 1.165) is 16.5 Å². The number of Topliss-reactive ketones (excluding diaryl/α,β-unsaturated/α-hetero) is 1. The van der Waals surface area contributed by atoms with Crippen LogP contribution in [0.2, 0.25) is 0 Å². The van der Waals surface area contributed by atoms with E-state index < -0.39 is 0 Å². The van der Waals surface area contributed by atoms with E-state index in [1.54, 1.807) is 6.20 Å². The molecule has 1 aliphatic rings. The van der Waals surface area contributed by atoms with Gasteiger partial charge >= 0.3 is 0 Å². The second-order valence-corrected chi connectivity index (χ2v) is 4.45. The van der Waals surface area contributed by atoms with Crippen molar-refractivity contribution in [2.45, 2.75) is 19.3 Å². The Balaban J connectivity index is 2.04. The fraction of sp³-hybridized carbons (Fsp3) is 0.286. The predicted molar refractivity (Wildman–Crippen MR) is 63.4 cm³/mol. The zero-order valence-electron chi connectivity index (χ0n) is 9.02. The highest BCUT2D eigenvalue weighted by Gasteiger charge is 2.25. The SMILES string of the molecule is O=C(CC1CC1)c1ccnc2ccccc12. The minimum absolute atomic E-state index is 0.265. The average Bonchev–Trinajstić information content (AvgIpc) is 3.12. The van der Waals surface area contributed by atoms with Crippen LogP contribution in [-0.4, -0.2) is 10.8 Å². The lowest BCUT2D eigenvalue weighted by Crippen LogP contribution is -2.01. The summed E-state index contributed by atoms with van der Waals surface area (Å²) in [7, 11) is 0. The number of hydrogen-bond donors (Lipinski definition) is 0. The number of carbonyl (C=O) groups excluding carboxylic acids is 1. The Hall–Kier alpha value is -1.70. The van der Waals surface area contributed by atoms with E-state index in [1.165, 1.54) is 12.8 Å². The van der Waals surface area contributed by atoms with Crippen LogP contribution in [0.4, 0.5) is 0 Å². The number of nitrogens with zero attached hydrogens (tertiary/aromatic N) is 1. The second kappa shape index (κ2) is 3.71. The van der Waals surface area contributed by atoms with Gasteiger partial charge in [-0.25, -0.2) is 0 Å². The van der Waals surface area contributed by atoms with Gasteiger partial charge in [0, 0.05) is 23.6 Å². The van der Waals surface area contributed by atoms with E-state index in [1.807, 2.05) is 30.3 Å². The van der Waals surface area contributed by atoms with E-state index in [2.05, 4.69) is 4.98 Å². The standard InChI is InChI=1S/C14H13NO/c16-14(9-10-5-6-10)12-7-8-15-13-4-2-1-3-11(12)13/h1-4,7-8,10H,5-6,9H2. The lowest BCUT2D eigenvalue weighted by atomic mass is 10.0. The molecule has 1 aromatic carbocycles. The van der Waals surface area contributed by atoms with E-state index in [0.29, 0.717) is 12.3 Å². The molecule has 0 spiro atoms. The van der Waals surface area contributed by atoms with Gasteiger partial charge in [0.05, 0.1) is 5.52 Å². The van der Waals surface area contributed by atoms with Crippen molar-refractivity contribution in [2.24, 2.45) is 5.92 Å². The van der Waals surface area contributed by atoms with Gasteiger partial charge in [0.15, 0.2) is 5.78 Å². The van der Waals surface area contributed by atoms with Crippen molar-refractivity contribution in [1.82, 2.24) is 4.98 Å². The molecule has 1 fully saturated rings. The topological polar surface area (TPSA) is 30.0 Å². The minimum Gasteiger partial charge on any atom is -0.294 e. The normalized spacial score (nSPS) is 15.2. The summed E-state index contributed by atoms with van der Waals surface area (Å²) in [6.45, 7) is 0. The number of pyridine rings is 1. The van der Waals surface area contributed by atoms with Gasteiger partial charge in [0.2, 0.25) is 0 Å². The van der Waals surface area contributed by atoms with Crippen LogP contribution < -0.4 is 0 Å². The van der Waals surface area contributed by atoms with Gasteiger partial charge in [0.1, 0.15) is 0 Å². The first kappa shape index (κ1) is 9.52. The first-order chi connectivity index (χ1) is 7.84. The summed E-state index contributed by atoms with van der Waals surface area (Å²) in [6, 6.07) is 9.67. The van der Waals surface area contributed by atoms with E-state index >= 15 is 0 Å². The zero-order chi connectivity index (χ0) is 11.0. The Morgan fingerprint density at radius 1 is 1.25 bits per heavy atom. The van der Waals surface area contributed by atoms with Crippen molar-refractivity contribution >= 4 is 16.7 Å². The van der Waals surface area contributed by atoms with Crippen molar-refractivity contribution in [3.63, 3.8) is 0 Å². The van der Waals surface area contributed by atoms with Crippen molar-refractivity contribution in [2.75, 3.05) is 0 Å². The van der Waals surface area contributed by atoms with Gasteiger partial charge in [0.25, 0.3) is 0 Å². The fourth-order valence-corrected chi connectivity index (χ4v) is 2.03. The number of hydrogen-bond acceptors (Lipinski definition) is 2.